The first kappa shape index (κ1) is 12.6. The van der Waals surface area contributed by atoms with Gasteiger partial charge in [-0.3, -0.25) is 0 Å². The van der Waals surface area contributed by atoms with Gasteiger partial charge in [-0.2, -0.15) is 0 Å². The molecule has 0 saturated heterocycles. The van der Waals surface area contributed by atoms with Crippen LogP contribution in [0.4, 0.5) is 0 Å². The second-order valence-electron chi connectivity index (χ2n) is 4.10. The smallest absolute Gasteiger partial charge is 0.129 e. The molecule has 2 nitrogen and oxygen atoms in total. The molecule has 0 saturated carbocycles. The lowest BCUT2D eigenvalue weighted by Gasteiger charge is -2.09. The molecule has 0 bridgehead atoms. The van der Waals surface area contributed by atoms with E-state index >= 15 is 0 Å². The molecule has 0 fully saturated rings. The predicted octanol–water partition coefficient (Wildman–Crippen LogP) is 3.12. The van der Waals surface area contributed by atoms with Gasteiger partial charge in [0.25, 0.3) is 0 Å². The molecule has 86 valence electrons. The molecule has 16 heavy (non-hydrogen) atoms. The van der Waals surface area contributed by atoms with Gasteiger partial charge in [0.2, 0.25) is 0 Å². The molecule has 0 spiro atoms. The van der Waals surface area contributed by atoms with Crippen LogP contribution < -0.4 is 0 Å². The van der Waals surface area contributed by atoms with Gasteiger partial charge >= 0.3 is 0 Å². The number of carbonyl (C=O) groups excluding carboxylic acids is 2. The van der Waals surface area contributed by atoms with Gasteiger partial charge in [0.05, 0.1) is 0 Å². The van der Waals surface area contributed by atoms with E-state index in [1.54, 1.807) is 6.92 Å². The van der Waals surface area contributed by atoms with Crippen LogP contribution in [0.1, 0.15) is 44.1 Å². The van der Waals surface area contributed by atoms with Crippen molar-refractivity contribution in [3.05, 3.63) is 35.9 Å². The summed E-state index contributed by atoms with van der Waals surface area (Å²) < 4.78 is 0. The fourth-order valence-electron chi connectivity index (χ4n) is 1.75. The minimum absolute atomic E-state index is 0.0202. The van der Waals surface area contributed by atoms with Gasteiger partial charge in [-0.05, 0) is 25.3 Å². The zero-order valence-electron chi connectivity index (χ0n) is 9.69. The van der Waals surface area contributed by atoms with Crippen LogP contribution in [0, 0.1) is 0 Å². The van der Waals surface area contributed by atoms with Gasteiger partial charge < -0.3 is 9.59 Å². The Morgan fingerprint density at radius 1 is 1.25 bits per heavy atom. The van der Waals surface area contributed by atoms with E-state index in [1.165, 1.54) is 0 Å². The maximum atomic E-state index is 11.0. The molecule has 0 aliphatic heterocycles. The quantitative estimate of drug-likeness (QED) is 0.520. The SMILES string of the molecule is CC(=O)CCCCC(C=O)c1ccccc1. The lowest BCUT2D eigenvalue weighted by atomic mass is 9.94. The standard InChI is InChI=1S/C14H18O2/c1-12(16)7-5-6-10-14(11-15)13-8-3-2-4-9-13/h2-4,8-9,11,14H,5-7,10H2,1H3. The summed E-state index contributed by atoms with van der Waals surface area (Å²) in [6.07, 6.45) is 4.27. The monoisotopic (exact) mass is 218 g/mol. The topological polar surface area (TPSA) is 34.1 Å². The number of unbranched alkanes of at least 4 members (excludes halogenated alkanes) is 1. The molecule has 0 aromatic heterocycles. The highest BCUT2D eigenvalue weighted by atomic mass is 16.1. The van der Waals surface area contributed by atoms with Crippen LogP contribution in [0.2, 0.25) is 0 Å². The molecule has 0 aliphatic carbocycles. The average Bonchev–Trinajstić information content (AvgIpc) is 2.30. The second-order valence-corrected chi connectivity index (χ2v) is 4.10. The first-order chi connectivity index (χ1) is 7.74. The van der Waals surface area contributed by atoms with Crippen LogP contribution in [-0.4, -0.2) is 12.1 Å². The number of hydrogen-bond acceptors (Lipinski definition) is 2. The Hall–Kier alpha value is -1.44. The zero-order valence-corrected chi connectivity index (χ0v) is 9.69. The lowest BCUT2D eigenvalue weighted by Crippen LogP contribution is -2.00. The fourth-order valence-corrected chi connectivity index (χ4v) is 1.75. The van der Waals surface area contributed by atoms with Crippen LogP contribution >= 0.6 is 0 Å². The number of Topliss-reactive ketones (excluding diaryl/α,β-unsaturated/α-hetero) is 1. The summed E-state index contributed by atoms with van der Waals surface area (Å²) in [5.74, 6) is 0.204. The van der Waals surface area contributed by atoms with Crippen molar-refractivity contribution in [2.45, 2.75) is 38.5 Å². The zero-order chi connectivity index (χ0) is 11.8. The van der Waals surface area contributed by atoms with Crippen molar-refractivity contribution in [2.75, 3.05) is 0 Å². The molecule has 1 aromatic rings. The van der Waals surface area contributed by atoms with Crippen LogP contribution in [0.25, 0.3) is 0 Å². The van der Waals surface area contributed by atoms with Gasteiger partial charge in [-0.15, -0.1) is 0 Å². The third-order valence-electron chi connectivity index (χ3n) is 2.69. The van der Waals surface area contributed by atoms with E-state index in [2.05, 4.69) is 0 Å². The first-order valence-electron chi connectivity index (χ1n) is 5.73. The number of ketones is 1. The van der Waals surface area contributed by atoms with E-state index in [-0.39, 0.29) is 11.7 Å². The van der Waals surface area contributed by atoms with Crippen molar-refractivity contribution in [2.24, 2.45) is 0 Å². The van der Waals surface area contributed by atoms with E-state index in [9.17, 15) is 9.59 Å². The van der Waals surface area contributed by atoms with Gasteiger partial charge in [0.15, 0.2) is 0 Å². The summed E-state index contributed by atoms with van der Waals surface area (Å²) in [6.45, 7) is 1.61. The third kappa shape index (κ3) is 4.39. The van der Waals surface area contributed by atoms with Gasteiger partial charge in [0, 0.05) is 12.3 Å². The molecule has 1 atom stereocenters. The summed E-state index contributed by atoms with van der Waals surface area (Å²) in [7, 11) is 0. The van der Waals surface area contributed by atoms with E-state index in [0.29, 0.717) is 6.42 Å². The summed E-state index contributed by atoms with van der Waals surface area (Å²) in [5, 5.41) is 0. The first-order valence-corrected chi connectivity index (χ1v) is 5.73. The Bertz CT molecular complexity index is 330. The maximum Gasteiger partial charge on any atom is 0.129 e. The molecule has 0 aliphatic rings. The Balaban J connectivity index is 2.38. The number of carbonyl (C=O) groups is 2. The van der Waals surface area contributed by atoms with Crippen molar-refractivity contribution < 1.29 is 9.59 Å². The molecular formula is C14H18O2. The van der Waals surface area contributed by atoms with Gasteiger partial charge in [0.1, 0.15) is 12.1 Å². The summed E-state index contributed by atoms with van der Waals surface area (Å²) >= 11 is 0. The summed E-state index contributed by atoms with van der Waals surface area (Å²) in [4.78, 5) is 21.7. The van der Waals surface area contributed by atoms with E-state index in [0.717, 1.165) is 31.1 Å². The number of benzene rings is 1. The van der Waals surface area contributed by atoms with Crippen molar-refractivity contribution in [3.63, 3.8) is 0 Å². The van der Waals surface area contributed by atoms with Crippen LogP contribution in [0.3, 0.4) is 0 Å². The lowest BCUT2D eigenvalue weighted by molar-refractivity contribution is -0.117. The molecule has 1 aromatic carbocycles. The van der Waals surface area contributed by atoms with E-state index in [4.69, 9.17) is 0 Å². The van der Waals surface area contributed by atoms with E-state index in [1.807, 2.05) is 30.3 Å². The van der Waals surface area contributed by atoms with E-state index < -0.39 is 0 Å². The van der Waals surface area contributed by atoms with Crippen LogP contribution in [-0.2, 0) is 9.59 Å². The second kappa shape index (κ2) is 6.94. The number of rotatable bonds is 7. The highest BCUT2D eigenvalue weighted by molar-refractivity contribution is 5.75. The minimum Gasteiger partial charge on any atom is -0.303 e. The Kier molecular flexibility index (Phi) is 5.48. The Morgan fingerprint density at radius 3 is 2.50 bits per heavy atom. The van der Waals surface area contributed by atoms with Gasteiger partial charge in [-0.25, -0.2) is 0 Å². The summed E-state index contributed by atoms with van der Waals surface area (Å²) in [6, 6.07) is 9.79. The van der Waals surface area contributed by atoms with Crippen molar-refractivity contribution in [3.8, 4) is 0 Å². The highest BCUT2D eigenvalue weighted by Gasteiger charge is 2.09. The number of hydrogen-bond donors (Lipinski definition) is 0. The minimum atomic E-state index is -0.0202. The molecule has 0 N–H and O–H groups in total. The predicted molar refractivity (Wildman–Crippen MR) is 64.4 cm³/mol. The molecule has 1 unspecified atom stereocenters. The van der Waals surface area contributed by atoms with Crippen LogP contribution in [0.15, 0.2) is 30.3 Å². The molecule has 0 heterocycles. The normalized spacial score (nSPS) is 12.1. The highest BCUT2D eigenvalue weighted by Crippen LogP contribution is 2.20. The molecular weight excluding hydrogens is 200 g/mol. The number of aldehydes is 1. The van der Waals surface area contributed by atoms with Gasteiger partial charge in [-0.1, -0.05) is 36.8 Å². The van der Waals surface area contributed by atoms with Crippen molar-refractivity contribution >= 4 is 12.1 Å². The molecule has 0 amide bonds. The largest absolute Gasteiger partial charge is 0.303 e. The Morgan fingerprint density at radius 2 is 1.94 bits per heavy atom. The molecule has 2 heteroatoms. The fraction of sp³-hybridized carbons (Fsp3) is 0.429. The molecule has 1 rings (SSSR count). The van der Waals surface area contributed by atoms with Crippen LogP contribution in [0.5, 0.6) is 0 Å². The van der Waals surface area contributed by atoms with Crippen molar-refractivity contribution in [1.29, 1.82) is 0 Å². The Labute approximate surface area is 96.7 Å². The summed E-state index contributed by atoms with van der Waals surface area (Å²) in [5.41, 5.74) is 1.07. The molecule has 0 radical (unpaired) electrons. The average molecular weight is 218 g/mol. The van der Waals surface area contributed by atoms with Crippen molar-refractivity contribution in [1.82, 2.24) is 0 Å². The third-order valence-corrected chi connectivity index (χ3v) is 2.69. The maximum absolute atomic E-state index is 11.0.